The lowest BCUT2D eigenvalue weighted by molar-refractivity contribution is 0.346. The first kappa shape index (κ1) is 14.6. The Kier molecular flexibility index (Phi) is 5.45. The van der Waals surface area contributed by atoms with Crippen LogP contribution in [0, 0.1) is 5.92 Å². The third-order valence-electron chi connectivity index (χ3n) is 4.67. The number of benzene rings is 1. The second-order valence-corrected chi connectivity index (χ2v) is 6.15. The van der Waals surface area contributed by atoms with Gasteiger partial charge >= 0.3 is 0 Å². The van der Waals surface area contributed by atoms with Crippen LogP contribution in [0.5, 0.6) is 0 Å². The van der Waals surface area contributed by atoms with Crippen LogP contribution in [0.25, 0.3) is 0 Å². The van der Waals surface area contributed by atoms with Crippen molar-refractivity contribution in [3.8, 4) is 0 Å². The summed E-state index contributed by atoms with van der Waals surface area (Å²) in [5.41, 5.74) is 3.19. The van der Waals surface area contributed by atoms with Crippen molar-refractivity contribution < 1.29 is 0 Å². The summed E-state index contributed by atoms with van der Waals surface area (Å²) in [6.45, 7) is 8.11. The molecule has 1 nitrogen and oxygen atoms in total. The highest BCUT2D eigenvalue weighted by Crippen LogP contribution is 2.37. The molecule has 0 spiro atoms. The van der Waals surface area contributed by atoms with Crippen molar-refractivity contribution >= 4 is 0 Å². The number of aryl methyl sites for hydroxylation is 1. The molecule has 1 aromatic rings. The summed E-state index contributed by atoms with van der Waals surface area (Å²) in [5, 5.41) is 3.82. The average molecular weight is 259 g/mol. The van der Waals surface area contributed by atoms with Gasteiger partial charge in [0.2, 0.25) is 0 Å². The minimum atomic E-state index is 0.665. The van der Waals surface area contributed by atoms with E-state index in [4.69, 9.17) is 0 Å². The van der Waals surface area contributed by atoms with Crippen LogP contribution in [-0.2, 0) is 6.42 Å². The smallest absolute Gasteiger partial charge is 0.0138 e. The van der Waals surface area contributed by atoms with Crippen LogP contribution in [0.1, 0.15) is 63.5 Å². The minimum absolute atomic E-state index is 0.665. The van der Waals surface area contributed by atoms with E-state index in [1.807, 2.05) is 0 Å². The predicted octanol–water partition coefficient (Wildman–Crippen LogP) is 4.52. The maximum Gasteiger partial charge on any atom is 0.0138 e. The highest BCUT2D eigenvalue weighted by molar-refractivity contribution is 5.36. The lowest BCUT2D eigenvalue weighted by Gasteiger charge is -2.28. The van der Waals surface area contributed by atoms with Gasteiger partial charge < -0.3 is 5.32 Å². The fourth-order valence-corrected chi connectivity index (χ4v) is 3.33. The molecule has 0 bridgehead atoms. The van der Waals surface area contributed by atoms with E-state index in [-0.39, 0.29) is 0 Å². The lowest BCUT2D eigenvalue weighted by atomic mass is 9.86. The van der Waals surface area contributed by atoms with Gasteiger partial charge in [0.15, 0.2) is 0 Å². The van der Waals surface area contributed by atoms with Crippen molar-refractivity contribution in [3.05, 3.63) is 35.4 Å². The molecule has 19 heavy (non-hydrogen) atoms. The lowest BCUT2D eigenvalue weighted by Crippen LogP contribution is -2.36. The molecule has 0 saturated carbocycles. The maximum absolute atomic E-state index is 3.82. The normalized spacial score (nSPS) is 21.1. The van der Waals surface area contributed by atoms with Crippen LogP contribution < -0.4 is 5.32 Å². The molecule has 1 aromatic carbocycles. The Morgan fingerprint density at radius 3 is 2.79 bits per heavy atom. The summed E-state index contributed by atoms with van der Waals surface area (Å²) < 4.78 is 0. The summed E-state index contributed by atoms with van der Waals surface area (Å²) in [6.07, 6.45) is 6.43. The molecule has 0 amide bonds. The molecule has 0 heterocycles. The van der Waals surface area contributed by atoms with E-state index in [0.29, 0.717) is 6.04 Å². The molecule has 0 radical (unpaired) electrons. The van der Waals surface area contributed by atoms with Gasteiger partial charge in [-0.2, -0.15) is 0 Å². The molecule has 3 atom stereocenters. The van der Waals surface area contributed by atoms with Crippen LogP contribution in [0.2, 0.25) is 0 Å². The average Bonchev–Trinajstić information content (AvgIpc) is 2.87. The Morgan fingerprint density at radius 2 is 2.05 bits per heavy atom. The largest absolute Gasteiger partial charge is 0.313 e. The third kappa shape index (κ3) is 3.60. The van der Waals surface area contributed by atoms with Gasteiger partial charge in [0.25, 0.3) is 0 Å². The summed E-state index contributed by atoms with van der Waals surface area (Å²) in [5.74, 6) is 1.55. The molecule has 1 aliphatic rings. The molecule has 1 aliphatic carbocycles. The summed E-state index contributed by atoms with van der Waals surface area (Å²) >= 11 is 0. The van der Waals surface area contributed by atoms with Gasteiger partial charge in [0, 0.05) is 6.04 Å². The first-order valence-electron chi connectivity index (χ1n) is 8.07. The fourth-order valence-electron chi connectivity index (χ4n) is 3.33. The van der Waals surface area contributed by atoms with E-state index >= 15 is 0 Å². The molecule has 0 fully saturated rings. The Labute approximate surface area is 118 Å². The highest BCUT2D eigenvalue weighted by atomic mass is 14.9. The number of hydrogen-bond donors (Lipinski definition) is 1. The van der Waals surface area contributed by atoms with Crippen molar-refractivity contribution in [2.75, 3.05) is 6.54 Å². The van der Waals surface area contributed by atoms with Gasteiger partial charge in [0.05, 0.1) is 0 Å². The Bertz CT molecular complexity index is 385. The van der Waals surface area contributed by atoms with Crippen molar-refractivity contribution in [2.24, 2.45) is 5.92 Å². The molecule has 3 unspecified atom stereocenters. The van der Waals surface area contributed by atoms with E-state index in [9.17, 15) is 0 Å². The second kappa shape index (κ2) is 7.09. The summed E-state index contributed by atoms with van der Waals surface area (Å²) in [7, 11) is 0. The summed E-state index contributed by atoms with van der Waals surface area (Å²) in [4.78, 5) is 0. The molecule has 0 aromatic heterocycles. The van der Waals surface area contributed by atoms with Gasteiger partial charge in [-0.1, -0.05) is 51.5 Å². The van der Waals surface area contributed by atoms with E-state index in [1.54, 1.807) is 11.1 Å². The molecule has 2 rings (SSSR count). The molecule has 1 N–H and O–H groups in total. The quantitative estimate of drug-likeness (QED) is 0.759. The maximum atomic E-state index is 3.82. The molecule has 106 valence electrons. The van der Waals surface area contributed by atoms with Crippen LogP contribution in [-0.4, -0.2) is 12.6 Å². The Hall–Kier alpha value is -0.820. The zero-order valence-corrected chi connectivity index (χ0v) is 12.8. The fraction of sp³-hybridized carbons (Fsp3) is 0.667. The number of rotatable bonds is 7. The first-order valence-corrected chi connectivity index (χ1v) is 8.07. The third-order valence-corrected chi connectivity index (χ3v) is 4.67. The number of nitrogens with one attached hydrogen (secondary N) is 1. The zero-order valence-electron chi connectivity index (χ0n) is 12.8. The zero-order chi connectivity index (χ0) is 13.7. The minimum Gasteiger partial charge on any atom is -0.313 e. The molecular formula is C18H29N. The van der Waals surface area contributed by atoms with Gasteiger partial charge in [-0.25, -0.2) is 0 Å². The number of hydrogen-bond acceptors (Lipinski definition) is 1. The van der Waals surface area contributed by atoms with Crippen molar-refractivity contribution in [1.29, 1.82) is 0 Å². The van der Waals surface area contributed by atoms with Gasteiger partial charge in [0.1, 0.15) is 0 Å². The van der Waals surface area contributed by atoms with Gasteiger partial charge in [-0.3, -0.25) is 0 Å². The van der Waals surface area contributed by atoms with E-state index < -0.39 is 0 Å². The molecule has 0 aliphatic heterocycles. The molecular weight excluding hydrogens is 230 g/mol. The second-order valence-electron chi connectivity index (χ2n) is 6.15. The molecule has 1 heteroatoms. The SMILES string of the molecule is CCCNC(CC(C)CC)C1CCc2ccccc21. The van der Waals surface area contributed by atoms with Crippen molar-refractivity contribution in [3.63, 3.8) is 0 Å². The van der Waals surface area contributed by atoms with Crippen LogP contribution >= 0.6 is 0 Å². The Balaban J connectivity index is 2.10. The Morgan fingerprint density at radius 1 is 1.26 bits per heavy atom. The van der Waals surface area contributed by atoms with Gasteiger partial charge in [-0.15, -0.1) is 0 Å². The molecule has 0 saturated heterocycles. The standard InChI is InChI=1S/C18H29N/c1-4-12-19-18(13-14(3)5-2)17-11-10-15-8-6-7-9-16(15)17/h6-9,14,17-19H,4-5,10-13H2,1-3H3. The van der Waals surface area contributed by atoms with E-state index in [2.05, 4.69) is 50.4 Å². The number of fused-ring (bicyclic) bond motifs is 1. The van der Waals surface area contributed by atoms with Crippen LogP contribution in [0.15, 0.2) is 24.3 Å². The van der Waals surface area contributed by atoms with Crippen LogP contribution in [0.4, 0.5) is 0 Å². The van der Waals surface area contributed by atoms with Crippen LogP contribution in [0.3, 0.4) is 0 Å². The van der Waals surface area contributed by atoms with Crippen molar-refractivity contribution in [1.82, 2.24) is 5.32 Å². The van der Waals surface area contributed by atoms with E-state index in [0.717, 1.165) is 18.4 Å². The predicted molar refractivity (Wildman–Crippen MR) is 83.7 cm³/mol. The highest BCUT2D eigenvalue weighted by Gasteiger charge is 2.29. The summed E-state index contributed by atoms with van der Waals surface area (Å²) in [6, 6.07) is 9.72. The monoisotopic (exact) mass is 259 g/mol. The van der Waals surface area contributed by atoms with Crippen molar-refractivity contribution in [2.45, 2.75) is 64.8 Å². The van der Waals surface area contributed by atoms with E-state index in [1.165, 1.54) is 32.1 Å². The van der Waals surface area contributed by atoms with Gasteiger partial charge in [-0.05, 0) is 55.2 Å². The first-order chi connectivity index (χ1) is 9.26. The topological polar surface area (TPSA) is 12.0 Å².